The number of hydrogen-bond donors (Lipinski definition) is 2. The molecule has 2 N–H and O–H groups in total. The van der Waals surface area contributed by atoms with Crippen LogP contribution in [0.1, 0.15) is 25.5 Å². The number of benzene rings is 1. The summed E-state index contributed by atoms with van der Waals surface area (Å²) in [6.07, 6.45) is 1.14. The number of carbonyl (C=O) groups is 1. The van der Waals surface area contributed by atoms with Gasteiger partial charge in [0, 0.05) is 24.2 Å². The third kappa shape index (κ3) is 4.36. The van der Waals surface area contributed by atoms with Crippen molar-refractivity contribution in [2.24, 2.45) is 0 Å². The van der Waals surface area contributed by atoms with Crippen molar-refractivity contribution in [3.05, 3.63) is 47.3 Å². The van der Waals surface area contributed by atoms with Gasteiger partial charge in [-0.3, -0.25) is 0 Å². The van der Waals surface area contributed by atoms with E-state index in [0.717, 1.165) is 6.08 Å². The summed E-state index contributed by atoms with van der Waals surface area (Å²) in [5.41, 5.74) is 1.27. The molecule has 1 rings (SSSR count). The molecule has 0 saturated heterocycles. The van der Waals surface area contributed by atoms with Crippen molar-refractivity contribution in [1.82, 2.24) is 5.32 Å². The second kappa shape index (κ2) is 6.15. The standard InChI is InChI=1S/C13H16FNO2/c1-9(7-13(16)17)8-15-10(2)11-5-3-4-6-12(11)14/h3-7,10,15H,8H2,1-2H3,(H,16,17)/b9-7+. The first kappa shape index (κ1) is 13.4. The molecule has 0 aliphatic heterocycles. The lowest BCUT2D eigenvalue weighted by Gasteiger charge is -2.15. The number of carboxylic acids is 1. The molecule has 0 radical (unpaired) electrons. The highest BCUT2D eigenvalue weighted by atomic mass is 19.1. The van der Waals surface area contributed by atoms with Crippen molar-refractivity contribution >= 4 is 5.97 Å². The topological polar surface area (TPSA) is 49.3 Å². The third-order valence-electron chi connectivity index (χ3n) is 2.43. The molecule has 0 heterocycles. The lowest BCUT2D eigenvalue weighted by molar-refractivity contribution is -0.131. The Morgan fingerprint density at radius 3 is 2.76 bits per heavy atom. The van der Waals surface area contributed by atoms with Crippen LogP contribution in [-0.4, -0.2) is 17.6 Å². The number of halogens is 1. The van der Waals surface area contributed by atoms with Crippen LogP contribution in [0.5, 0.6) is 0 Å². The number of rotatable bonds is 5. The Balaban J connectivity index is 2.59. The predicted octanol–water partition coefficient (Wildman–Crippen LogP) is 2.51. The Hall–Kier alpha value is -1.68. The molecular formula is C13H16FNO2. The monoisotopic (exact) mass is 237 g/mol. The number of carboxylic acid groups (broad SMARTS) is 1. The van der Waals surface area contributed by atoms with Crippen LogP contribution in [0.15, 0.2) is 35.9 Å². The quantitative estimate of drug-likeness (QED) is 0.773. The second-order valence-electron chi connectivity index (χ2n) is 3.95. The van der Waals surface area contributed by atoms with Gasteiger partial charge in [0.15, 0.2) is 0 Å². The molecule has 0 fully saturated rings. The Kier molecular flexibility index (Phi) is 4.84. The van der Waals surface area contributed by atoms with E-state index in [1.165, 1.54) is 6.07 Å². The summed E-state index contributed by atoms with van der Waals surface area (Å²) in [4.78, 5) is 10.4. The van der Waals surface area contributed by atoms with Crippen molar-refractivity contribution in [3.8, 4) is 0 Å². The van der Waals surface area contributed by atoms with Crippen LogP contribution in [0.2, 0.25) is 0 Å². The Bertz CT molecular complexity index is 429. The minimum Gasteiger partial charge on any atom is -0.478 e. The van der Waals surface area contributed by atoms with E-state index in [-0.39, 0.29) is 11.9 Å². The van der Waals surface area contributed by atoms with E-state index in [4.69, 9.17) is 5.11 Å². The molecule has 0 spiro atoms. The normalized spacial score (nSPS) is 13.5. The summed E-state index contributed by atoms with van der Waals surface area (Å²) in [5.74, 6) is -1.23. The highest BCUT2D eigenvalue weighted by Gasteiger charge is 2.09. The Morgan fingerprint density at radius 1 is 1.53 bits per heavy atom. The average molecular weight is 237 g/mol. The lowest BCUT2D eigenvalue weighted by atomic mass is 10.1. The van der Waals surface area contributed by atoms with E-state index in [9.17, 15) is 9.18 Å². The van der Waals surface area contributed by atoms with Crippen LogP contribution in [0.25, 0.3) is 0 Å². The minimum absolute atomic E-state index is 0.159. The molecule has 0 aliphatic carbocycles. The van der Waals surface area contributed by atoms with Crippen LogP contribution >= 0.6 is 0 Å². The van der Waals surface area contributed by atoms with E-state index in [2.05, 4.69) is 5.32 Å². The minimum atomic E-state index is -0.970. The van der Waals surface area contributed by atoms with Gasteiger partial charge in [0.05, 0.1) is 0 Å². The van der Waals surface area contributed by atoms with Crippen molar-refractivity contribution in [3.63, 3.8) is 0 Å². The van der Waals surface area contributed by atoms with Gasteiger partial charge < -0.3 is 10.4 Å². The first-order valence-electron chi connectivity index (χ1n) is 5.38. The number of nitrogens with one attached hydrogen (secondary N) is 1. The highest BCUT2D eigenvalue weighted by molar-refractivity contribution is 5.80. The first-order valence-corrected chi connectivity index (χ1v) is 5.38. The number of hydrogen-bond acceptors (Lipinski definition) is 2. The van der Waals surface area contributed by atoms with E-state index in [0.29, 0.717) is 17.7 Å². The summed E-state index contributed by atoms with van der Waals surface area (Å²) in [5, 5.41) is 11.6. The SMILES string of the molecule is C/C(=C\C(=O)O)CNC(C)c1ccccc1F. The average Bonchev–Trinajstić information content (AvgIpc) is 2.25. The predicted molar refractivity (Wildman–Crippen MR) is 64.2 cm³/mol. The zero-order valence-electron chi connectivity index (χ0n) is 9.90. The van der Waals surface area contributed by atoms with Crippen molar-refractivity contribution < 1.29 is 14.3 Å². The lowest BCUT2D eigenvalue weighted by Crippen LogP contribution is -2.21. The molecule has 3 nitrogen and oxygen atoms in total. The fourth-order valence-corrected chi connectivity index (χ4v) is 1.51. The van der Waals surface area contributed by atoms with Gasteiger partial charge in [-0.15, -0.1) is 0 Å². The molecule has 1 aromatic carbocycles. The summed E-state index contributed by atoms with van der Waals surface area (Å²) < 4.78 is 13.4. The van der Waals surface area contributed by atoms with Crippen LogP contribution in [0, 0.1) is 5.82 Å². The maximum Gasteiger partial charge on any atom is 0.328 e. The molecule has 1 aromatic rings. The van der Waals surface area contributed by atoms with Gasteiger partial charge >= 0.3 is 5.97 Å². The molecule has 4 heteroatoms. The molecule has 17 heavy (non-hydrogen) atoms. The molecule has 0 aromatic heterocycles. The maximum absolute atomic E-state index is 13.4. The van der Waals surface area contributed by atoms with Gasteiger partial charge in [-0.2, -0.15) is 0 Å². The zero-order valence-corrected chi connectivity index (χ0v) is 9.90. The Morgan fingerprint density at radius 2 is 2.18 bits per heavy atom. The van der Waals surface area contributed by atoms with Crippen LogP contribution in [0.4, 0.5) is 4.39 Å². The van der Waals surface area contributed by atoms with Gasteiger partial charge in [0.1, 0.15) is 5.82 Å². The molecule has 92 valence electrons. The summed E-state index contributed by atoms with van der Waals surface area (Å²) in [6.45, 7) is 3.98. The van der Waals surface area contributed by atoms with Crippen molar-refractivity contribution in [2.45, 2.75) is 19.9 Å². The van der Waals surface area contributed by atoms with Gasteiger partial charge in [-0.1, -0.05) is 23.8 Å². The first-order chi connectivity index (χ1) is 8.00. The molecule has 1 atom stereocenters. The number of aliphatic carboxylic acids is 1. The van der Waals surface area contributed by atoms with Gasteiger partial charge in [0.2, 0.25) is 0 Å². The molecule has 0 aliphatic rings. The largest absolute Gasteiger partial charge is 0.478 e. The van der Waals surface area contributed by atoms with E-state index < -0.39 is 5.97 Å². The van der Waals surface area contributed by atoms with Crippen molar-refractivity contribution in [1.29, 1.82) is 0 Å². The van der Waals surface area contributed by atoms with E-state index in [1.807, 2.05) is 6.92 Å². The molecular weight excluding hydrogens is 221 g/mol. The molecule has 1 unspecified atom stereocenters. The third-order valence-corrected chi connectivity index (χ3v) is 2.43. The van der Waals surface area contributed by atoms with Gasteiger partial charge in [-0.05, 0) is 19.9 Å². The van der Waals surface area contributed by atoms with Crippen molar-refractivity contribution in [2.75, 3.05) is 6.54 Å². The second-order valence-corrected chi connectivity index (χ2v) is 3.95. The summed E-state index contributed by atoms with van der Waals surface area (Å²) in [7, 11) is 0. The summed E-state index contributed by atoms with van der Waals surface area (Å²) in [6, 6.07) is 6.38. The Labute approximate surface area is 100.0 Å². The highest BCUT2D eigenvalue weighted by Crippen LogP contribution is 2.15. The van der Waals surface area contributed by atoms with E-state index >= 15 is 0 Å². The van der Waals surface area contributed by atoms with Crippen LogP contribution in [0.3, 0.4) is 0 Å². The van der Waals surface area contributed by atoms with Gasteiger partial charge in [-0.25, -0.2) is 9.18 Å². The fraction of sp³-hybridized carbons (Fsp3) is 0.308. The maximum atomic E-state index is 13.4. The smallest absolute Gasteiger partial charge is 0.328 e. The summed E-state index contributed by atoms with van der Waals surface area (Å²) >= 11 is 0. The molecule has 0 amide bonds. The van der Waals surface area contributed by atoms with Crippen LogP contribution in [-0.2, 0) is 4.79 Å². The fourth-order valence-electron chi connectivity index (χ4n) is 1.51. The molecule has 0 bridgehead atoms. The van der Waals surface area contributed by atoms with E-state index in [1.54, 1.807) is 25.1 Å². The zero-order chi connectivity index (χ0) is 12.8. The van der Waals surface area contributed by atoms with Crippen LogP contribution < -0.4 is 5.32 Å². The molecule has 0 saturated carbocycles. The van der Waals surface area contributed by atoms with Gasteiger partial charge in [0.25, 0.3) is 0 Å².